The van der Waals surface area contributed by atoms with Crippen LogP contribution in [0, 0.1) is 5.82 Å². The summed E-state index contributed by atoms with van der Waals surface area (Å²) in [6.45, 7) is 0. The quantitative estimate of drug-likeness (QED) is 0.741. The average Bonchev–Trinajstić information content (AvgIpc) is 3.07. The van der Waals surface area contributed by atoms with Crippen LogP contribution in [0.3, 0.4) is 0 Å². The van der Waals surface area contributed by atoms with Crippen LogP contribution in [0.25, 0.3) is 0 Å². The minimum Gasteiger partial charge on any atom is -0.497 e. The van der Waals surface area contributed by atoms with E-state index in [0.29, 0.717) is 17.1 Å². The number of carbonyl (C=O) groups excluding carboxylic acids is 1. The molecule has 3 aromatic rings. The van der Waals surface area contributed by atoms with Gasteiger partial charge >= 0.3 is 0 Å². The summed E-state index contributed by atoms with van der Waals surface area (Å²) in [7, 11) is 3.45. The molecule has 134 valence electrons. The molecule has 0 aliphatic rings. The largest absolute Gasteiger partial charge is 0.497 e. The summed E-state index contributed by atoms with van der Waals surface area (Å²) in [5.74, 6) is 0.689. The van der Waals surface area contributed by atoms with Crippen molar-refractivity contribution in [1.82, 2.24) is 14.9 Å². The summed E-state index contributed by atoms with van der Waals surface area (Å²) in [5, 5.41) is 2.96. The van der Waals surface area contributed by atoms with Crippen molar-refractivity contribution < 1.29 is 13.9 Å². The van der Waals surface area contributed by atoms with Crippen molar-refractivity contribution in [3.8, 4) is 5.75 Å². The molecule has 3 rings (SSSR count). The molecule has 2 aromatic carbocycles. The summed E-state index contributed by atoms with van der Waals surface area (Å²) in [6.07, 6.45) is 3.44. The molecule has 6 heteroatoms. The van der Waals surface area contributed by atoms with Crippen molar-refractivity contribution in [2.75, 3.05) is 7.11 Å². The molecule has 0 spiro atoms. The highest BCUT2D eigenvalue weighted by Gasteiger charge is 2.21. The molecule has 1 heterocycles. The van der Waals surface area contributed by atoms with Crippen LogP contribution in [-0.2, 0) is 18.3 Å². The molecule has 1 aromatic heterocycles. The molecule has 1 amide bonds. The first kappa shape index (κ1) is 17.7. The second-order valence-corrected chi connectivity index (χ2v) is 5.94. The number of hydrogen-bond acceptors (Lipinski definition) is 3. The Morgan fingerprint density at radius 2 is 2.08 bits per heavy atom. The van der Waals surface area contributed by atoms with E-state index in [9.17, 15) is 9.18 Å². The molecule has 0 saturated carbocycles. The van der Waals surface area contributed by atoms with Gasteiger partial charge in [-0.15, -0.1) is 0 Å². The van der Waals surface area contributed by atoms with Crippen molar-refractivity contribution in [3.05, 3.63) is 83.7 Å². The molecular formula is C20H20FN3O2. The van der Waals surface area contributed by atoms with Crippen LogP contribution in [0.15, 0.2) is 60.9 Å². The summed E-state index contributed by atoms with van der Waals surface area (Å²) >= 11 is 0. The van der Waals surface area contributed by atoms with Gasteiger partial charge in [0, 0.05) is 19.4 Å². The average molecular weight is 353 g/mol. The number of aryl methyl sites for hydroxylation is 1. The van der Waals surface area contributed by atoms with Gasteiger partial charge in [0.25, 0.3) is 0 Å². The summed E-state index contributed by atoms with van der Waals surface area (Å²) < 4.78 is 21.0. The van der Waals surface area contributed by atoms with Crippen molar-refractivity contribution in [1.29, 1.82) is 0 Å². The van der Waals surface area contributed by atoms with Crippen LogP contribution in [0.1, 0.15) is 23.0 Å². The fourth-order valence-corrected chi connectivity index (χ4v) is 2.80. The second kappa shape index (κ2) is 7.82. The van der Waals surface area contributed by atoms with E-state index < -0.39 is 11.9 Å². The lowest BCUT2D eigenvalue weighted by Crippen LogP contribution is -2.32. The predicted molar refractivity (Wildman–Crippen MR) is 96.3 cm³/mol. The Morgan fingerprint density at radius 1 is 1.27 bits per heavy atom. The Kier molecular flexibility index (Phi) is 5.31. The fraction of sp³-hybridized carbons (Fsp3) is 0.200. The highest BCUT2D eigenvalue weighted by atomic mass is 19.1. The Balaban J connectivity index is 1.88. The molecule has 0 aliphatic carbocycles. The number of nitrogens with one attached hydrogen (secondary N) is 1. The van der Waals surface area contributed by atoms with Gasteiger partial charge in [-0.1, -0.05) is 30.3 Å². The lowest BCUT2D eigenvalue weighted by atomic mass is 10.0. The van der Waals surface area contributed by atoms with E-state index in [1.807, 2.05) is 42.1 Å². The minimum absolute atomic E-state index is 0.0441. The molecule has 0 bridgehead atoms. The maximum atomic E-state index is 13.8. The number of halogens is 1. The van der Waals surface area contributed by atoms with Gasteiger partial charge in [-0.05, 0) is 29.3 Å². The van der Waals surface area contributed by atoms with Gasteiger partial charge in [-0.2, -0.15) is 0 Å². The van der Waals surface area contributed by atoms with Gasteiger partial charge < -0.3 is 14.6 Å². The van der Waals surface area contributed by atoms with Crippen LogP contribution < -0.4 is 10.1 Å². The van der Waals surface area contributed by atoms with Crippen LogP contribution in [0.2, 0.25) is 0 Å². The fourth-order valence-electron chi connectivity index (χ4n) is 2.80. The van der Waals surface area contributed by atoms with Gasteiger partial charge in [0.05, 0.1) is 13.5 Å². The van der Waals surface area contributed by atoms with Gasteiger partial charge in [0.1, 0.15) is 23.4 Å². The first-order valence-corrected chi connectivity index (χ1v) is 8.22. The molecule has 1 unspecified atom stereocenters. The van der Waals surface area contributed by atoms with E-state index in [1.165, 1.54) is 6.07 Å². The Bertz CT molecular complexity index is 907. The number of benzene rings is 2. The van der Waals surface area contributed by atoms with E-state index in [2.05, 4.69) is 10.3 Å². The predicted octanol–water partition coefficient (Wildman–Crippen LogP) is 3.02. The number of ether oxygens (including phenoxy) is 1. The first-order valence-electron chi connectivity index (χ1n) is 8.22. The number of imidazole rings is 1. The van der Waals surface area contributed by atoms with E-state index in [0.717, 1.165) is 5.56 Å². The molecule has 0 fully saturated rings. The number of methoxy groups -OCH3 is 1. The number of rotatable bonds is 6. The van der Waals surface area contributed by atoms with Crippen molar-refractivity contribution in [3.63, 3.8) is 0 Å². The summed E-state index contributed by atoms with van der Waals surface area (Å²) in [5.41, 5.74) is 1.19. The number of hydrogen-bond donors (Lipinski definition) is 1. The molecular weight excluding hydrogens is 333 g/mol. The third kappa shape index (κ3) is 3.91. The maximum Gasteiger partial charge on any atom is 0.225 e. The topological polar surface area (TPSA) is 56.1 Å². The van der Waals surface area contributed by atoms with Gasteiger partial charge in [-0.25, -0.2) is 9.37 Å². The molecule has 26 heavy (non-hydrogen) atoms. The monoisotopic (exact) mass is 353 g/mol. The number of carbonyl (C=O) groups is 1. The SMILES string of the molecule is COc1cccc(C(NC(=O)Cc2ccccc2F)c2nccn2C)c1. The standard InChI is InChI=1S/C20H20FN3O2/c1-24-11-10-22-20(24)19(15-7-5-8-16(12-15)26-2)23-18(25)13-14-6-3-4-9-17(14)21/h3-12,19H,13H2,1-2H3,(H,23,25). The van der Waals surface area contributed by atoms with Crippen molar-refractivity contribution in [2.45, 2.75) is 12.5 Å². The lowest BCUT2D eigenvalue weighted by Gasteiger charge is -2.20. The molecule has 1 atom stereocenters. The zero-order chi connectivity index (χ0) is 18.5. The van der Waals surface area contributed by atoms with E-state index in [1.54, 1.807) is 31.5 Å². The lowest BCUT2D eigenvalue weighted by molar-refractivity contribution is -0.121. The summed E-state index contributed by atoms with van der Waals surface area (Å²) in [6, 6.07) is 13.2. The first-order chi connectivity index (χ1) is 12.6. The zero-order valence-corrected chi connectivity index (χ0v) is 14.6. The van der Waals surface area contributed by atoms with Crippen molar-refractivity contribution >= 4 is 5.91 Å². The Hall–Kier alpha value is -3.15. The highest BCUT2D eigenvalue weighted by Crippen LogP contribution is 2.24. The zero-order valence-electron chi connectivity index (χ0n) is 14.6. The number of nitrogens with zero attached hydrogens (tertiary/aromatic N) is 2. The van der Waals surface area contributed by atoms with Crippen LogP contribution >= 0.6 is 0 Å². The van der Waals surface area contributed by atoms with Crippen molar-refractivity contribution in [2.24, 2.45) is 7.05 Å². The minimum atomic E-state index is -0.468. The van der Waals surface area contributed by atoms with Gasteiger partial charge in [-0.3, -0.25) is 4.79 Å². The molecule has 5 nitrogen and oxygen atoms in total. The Morgan fingerprint density at radius 3 is 2.77 bits per heavy atom. The molecule has 0 radical (unpaired) electrons. The van der Waals surface area contributed by atoms with E-state index in [4.69, 9.17) is 4.74 Å². The third-order valence-corrected chi connectivity index (χ3v) is 4.16. The number of amides is 1. The number of aromatic nitrogens is 2. The molecule has 0 saturated heterocycles. The van der Waals surface area contributed by atoms with Gasteiger partial charge in [0.2, 0.25) is 5.91 Å². The smallest absolute Gasteiger partial charge is 0.225 e. The van der Waals surface area contributed by atoms with Crippen LogP contribution in [0.5, 0.6) is 5.75 Å². The highest BCUT2D eigenvalue weighted by molar-refractivity contribution is 5.79. The van der Waals surface area contributed by atoms with Crippen LogP contribution in [-0.4, -0.2) is 22.6 Å². The Labute approximate surface area is 151 Å². The molecule has 0 aliphatic heterocycles. The second-order valence-electron chi connectivity index (χ2n) is 5.94. The molecule has 1 N–H and O–H groups in total. The van der Waals surface area contributed by atoms with Gasteiger partial charge in [0.15, 0.2) is 0 Å². The normalized spacial score (nSPS) is 11.8. The van der Waals surface area contributed by atoms with E-state index in [-0.39, 0.29) is 12.3 Å². The summed E-state index contributed by atoms with van der Waals surface area (Å²) in [4.78, 5) is 16.9. The third-order valence-electron chi connectivity index (χ3n) is 4.16. The maximum absolute atomic E-state index is 13.8. The van der Waals surface area contributed by atoms with E-state index >= 15 is 0 Å². The van der Waals surface area contributed by atoms with Crippen LogP contribution in [0.4, 0.5) is 4.39 Å².